The van der Waals surface area contributed by atoms with E-state index in [0.29, 0.717) is 21.6 Å². The van der Waals surface area contributed by atoms with E-state index in [1.165, 1.54) is 10.2 Å². The summed E-state index contributed by atoms with van der Waals surface area (Å²) < 4.78 is 26.4. The third-order valence-corrected chi connectivity index (χ3v) is 5.16. The van der Waals surface area contributed by atoms with Gasteiger partial charge in [-0.2, -0.15) is 0 Å². The first-order valence-electron chi connectivity index (χ1n) is 5.87. The number of rotatable bonds is 2. The molecule has 0 radical (unpaired) electrons. The van der Waals surface area contributed by atoms with Crippen molar-refractivity contribution < 1.29 is 8.42 Å². The molecular formula is C14H11ClN2O2S. The Kier molecular flexibility index (Phi) is 2.96. The molecule has 0 atom stereocenters. The Morgan fingerprint density at radius 3 is 2.40 bits per heavy atom. The smallest absolute Gasteiger partial charge is 0.268 e. The van der Waals surface area contributed by atoms with Crippen LogP contribution in [0.1, 0.15) is 0 Å². The number of hydrogen-bond acceptors (Lipinski definition) is 3. The summed E-state index contributed by atoms with van der Waals surface area (Å²) >= 11 is 5.94. The molecule has 0 amide bonds. The molecule has 20 heavy (non-hydrogen) atoms. The highest BCUT2D eigenvalue weighted by Gasteiger charge is 2.19. The Hall–Kier alpha value is -1.98. The lowest BCUT2D eigenvalue weighted by molar-refractivity contribution is 0.589. The minimum Gasteiger partial charge on any atom is -0.397 e. The van der Waals surface area contributed by atoms with E-state index in [1.54, 1.807) is 48.5 Å². The molecule has 4 nitrogen and oxygen atoms in total. The molecule has 2 N–H and O–H groups in total. The zero-order chi connectivity index (χ0) is 14.3. The number of anilines is 1. The second-order valence-corrected chi connectivity index (χ2v) is 6.55. The van der Waals surface area contributed by atoms with E-state index in [0.717, 1.165) is 0 Å². The van der Waals surface area contributed by atoms with Crippen LogP contribution in [0, 0.1) is 0 Å². The first-order chi connectivity index (χ1) is 9.51. The summed E-state index contributed by atoms with van der Waals surface area (Å²) in [5.74, 6) is 0. The standard InChI is InChI=1S/C14H11ClN2O2S/c15-12-6-7-13-11(14(12)16)8-9-17(13)20(18,19)10-4-2-1-3-5-10/h1-9H,16H2. The van der Waals surface area contributed by atoms with Gasteiger partial charge in [0.15, 0.2) is 0 Å². The molecule has 3 rings (SSSR count). The lowest BCUT2D eigenvalue weighted by Crippen LogP contribution is -2.11. The van der Waals surface area contributed by atoms with E-state index in [-0.39, 0.29) is 4.90 Å². The largest absolute Gasteiger partial charge is 0.397 e. The molecule has 0 aliphatic heterocycles. The van der Waals surface area contributed by atoms with Gasteiger partial charge < -0.3 is 5.73 Å². The van der Waals surface area contributed by atoms with Crippen LogP contribution >= 0.6 is 11.6 Å². The van der Waals surface area contributed by atoms with Gasteiger partial charge >= 0.3 is 0 Å². The fraction of sp³-hybridized carbons (Fsp3) is 0. The van der Waals surface area contributed by atoms with E-state index in [1.807, 2.05) is 0 Å². The second kappa shape index (κ2) is 4.54. The summed E-state index contributed by atoms with van der Waals surface area (Å²) in [5.41, 5.74) is 6.76. The Morgan fingerprint density at radius 2 is 1.70 bits per heavy atom. The number of hydrogen-bond donors (Lipinski definition) is 1. The van der Waals surface area contributed by atoms with Crippen molar-refractivity contribution in [3.63, 3.8) is 0 Å². The minimum absolute atomic E-state index is 0.228. The molecule has 0 bridgehead atoms. The second-order valence-electron chi connectivity index (χ2n) is 4.32. The minimum atomic E-state index is -3.63. The van der Waals surface area contributed by atoms with E-state index in [2.05, 4.69) is 0 Å². The van der Waals surface area contributed by atoms with Crippen LogP contribution in [0.4, 0.5) is 5.69 Å². The molecule has 0 saturated heterocycles. The Morgan fingerprint density at radius 1 is 1.00 bits per heavy atom. The van der Waals surface area contributed by atoms with Crippen LogP contribution in [0.5, 0.6) is 0 Å². The topological polar surface area (TPSA) is 65.1 Å². The molecule has 102 valence electrons. The number of nitrogens with two attached hydrogens (primary N) is 1. The van der Waals surface area contributed by atoms with Crippen molar-refractivity contribution >= 4 is 38.2 Å². The van der Waals surface area contributed by atoms with Gasteiger partial charge in [0.1, 0.15) is 0 Å². The fourth-order valence-electron chi connectivity index (χ4n) is 2.10. The van der Waals surface area contributed by atoms with Gasteiger partial charge in [-0.05, 0) is 30.3 Å². The van der Waals surface area contributed by atoms with Crippen molar-refractivity contribution in [3.8, 4) is 0 Å². The molecule has 0 saturated carbocycles. The van der Waals surface area contributed by atoms with Crippen molar-refractivity contribution in [1.82, 2.24) is 3.97 Å². The molecule has 0 unspecified atom stereocenters. The van der Waals surface area contributed by atoms with E-state index in [4.69, 9.17) is 17.3 Å². The van der Waals surface area contributed by atoms with Crippen LogP contribution in [0.15, 0.2) is 59.6 Å². The zero-order valence-corrected chi connectivity index (χ0v) is 11.9. The van der Waals surface area contributed by atoms with Crippen LogP contribution in [0.25, 0.3) is 10.9 Å². The van der Waals surface area contributed by atoms with Crippen molar-refractivity contribution in [2.24, 2.45) is 0 Å². The third-order valence-electron chi connectivity index (χ3n) is 3.13. The van der Waals surface area contributed by atoms with Gasteiger partial charge in [0.2, 0.25) is 0 Å². The maximum atomic E-state index is 12.6. The van der Waals surface area contributed by atoms with Crippen molar-refractivity contribution in [3.05, 3.63) is 59.8 Å². The van der Waals surface area contributed by atoms with E-state index >= 15 is 0 Å². The van der Waals surface area contributed by atoms with Crippen LogP contribution < -0.4 is 5.73 Å². The van der Waals surface area contributed by atoms with E-state index < -0.39 is 10.0 Å². The summed E-state index contributed by atoms with van der Waals surface area (Å²) in [5, 5.41) is 1.03. The zero-order valence-electron chi connectivity index (χ0n) is 10.3. The number of benzene rings is 2. The Balaban J connectivity index is 2.29. The Bertz CT molecular complexity index is 886. The van der Waals surface area contributed by atoms with Gasteiger partial charge in [-0.15, -0.1) is 0 Å². The number of nitrogens with zero attached hydrogens (tertiary/aromatic N) is 1. The summed E-state index contributed by atoms with van der Waals surface area (Å²) in [6.07, 6.45) is 1.49. The highest BCUT2D eigenvalue weighted by Crippen LogP contribution is 2.31. The Labute approximate surface area is 121 Å². The number of fused-ring (bicyclic) bond motifs is 1. The van der Waals surface area contributed by atoms with Gasteiger partial charge in [0, 0.05) is 11.6 Å². The maximum Gasteiger partial charge on any atom is 0.268 e. The quantitative estimate of drug-likeness (QED) is 0.740. The van der Waals surface area contributed by atoms with Crippen molar-refractivity contribution in [1.29, 1.82) is 0 Å². The monoisotopic (exact) mass is 306 g/mol. The molecule has 0 fully saturated rings. The lowest BCUT2D eigenvalue weighted by atomic mass is 10.2. The van der Waals surface area contributed by atoms with Crippen LogP contribution in [0.3, 0.4) is 0 Å². The van der Waals surface area contributed by atoms with Gasteiger partial charge in [0.05, 0.1) is 21.1 Å². The summed E-state index contributed by atoms with van der Waals surface area (Å²) in [4.78, 5) is 0.228. The molecule has 0 aliphatic carbocycles. The molecule has 0 spiro atoms. The number of halogens is 1. The van der Waals surface area contributed by atoms with Gasteiger partial charge in [-0.1, -0.05) is 29.8 Å². The maximum absolute atomic E-state index is 12.6. The van der Waals surface area contributed by atoms with Gasteiger partial charge in [-0.3, -0.25) is 0 Å². The SMILES string of the molecule is Nc1c(Cl)ccc2c1ccn2S(=O)(=O)c1ccccc1. The van der Waals surface area contributed by atoms with Crippen LogP contribution in [0.2, 0.25) is 5.02 Å². The number of nitrogen functional groups attached to an aromatic ring is 1. The lowest BCUT2D eigenvalue weighted by Gasteiger charge is -2.08. The molecule has 0 aliphatic rings. The highest BCUT2D eigenvalue weighted by molar-refractivity contribution is 7.90. The highest BCUT2D eigenvalue weighted by atomic mass is 35.5. The van der Waals surface area contributed by atoms with Crippen molar-refractivity contribution in [2.45, 2.75) is 4.90 Å². The average molecular weight is 307 g/mol. The first-order valence-corrected chi connectivity index (χ1v) is 7.69. The fourth-order valence-corrected chi connectivity index (χ4v) is 3.64. The number of aromatic nitrogens is 1. The van der Waals surface area contributed by atoms with Crippen LogP contribution in [-0.2, 0) is 10.0 Å². The van der Waals surface area contributed by atoms with Crippen molar-refractivity contribution in [2.75, 3.05) is 5.73 Å². The molecule has 2 aromatic carbocycles. The molecule has 1 heterocycles. The molecule has 3 aromatic rings. The van der Waals surface area contributed by atoms with E-state index in [9.17, 15) is 8.42 Å². The average Bonchev–Trinajstić information content (AvgIpc) is 2.89. The summed E-state index contributed by atoms with van der Waals surface area (Å²) in [7, 11) is -3.63. The summed E-state index contributed by atoms with van der Waals surface area (Å²) in [6.45, 7) is 0. The first kappa shape index (κ1) is 13.0. The predicted octanol–water partition coefficient (Wildman–Crippen LogP) is 3.11. The predicted molar refractivity (Wildman–Crippen MR) is 80.4 cm³/mol. The molecule has 1 aromatic heterocycles. The third kappa shape index (κ3) is 1.87. The normalized spacial score (nSPS) is 11.8. The van der Waals surface area contributed by atoms with Gasteiger partial charge in [-0.25, -0.2) is 12.4 Å². The molecular weight excluding hydrogens is 296 g/mol. The summed E-state index contributed by atoms with van der Waals surface area (Å²) in [6, 6.07) is 13.1. The van der Waals surface area contributed by atoms with Crippen LogP contribution in [-0.4, -0.2) is 12.4 Å². The molecule has 6 heteroatoms. The van der Waals surface area contributed by atoms with Gasteiger partial charge in [0.25, 0.3) is 10.0 Å².